The van der Waals surface area contributed by atoms with Gasteiger partial charge >= 0.3 is 0 Å². The number of ether oxygens (including phenoxy) is 2. The first-order valence-corrected chi connectivity index (χ1v) is 10.4. The lowest BCUT2D eigenvalue weighted by Gasteiger charge is -2.33. The highest BCUT2D eigenvalue weighted by atomic mass is 16.5. The molecule has 2 aliphatic heterocycles. The van der Waals surface area contributed by atoms with Gasteiger partial charge in [-0.2, -0.15) is 0 Å². The molecule has 0 spiro atoms. The Morgan fingerprint density at radius 3 is 2.67 bits per heavy atom. The molecule has 0 aromatic carbocycles. The summed E-state index contributed by atoms with van der Waals surface area (Å²) in [7, 11) is 0. The summed E-state index contributed by atoms with van der Waals surface area (Å²) in [4.78, 5) is 17.4. The van der Waals surface area contributed by atoms with Crippen LogP contribution in [0, 0.1) is 5.92 Å². The summed E-state index contributed by atoms with van der Waals surface area (Å²) >= 11 is 0. The molecule has 1 saturated carbocycles. The molecule has 0 N–H and O–H groups in total. The summed E-state index contributed by atoms with van der Waals surface area (Å²) in [5, 5.41) is 8.34. The molecule has 1 atom stereocenters. The summed E-state index contributed by atoms with van der Waals surface area (Å²) in [6.45, 7) is 7.45. The van der Waals surface area contributed by atoms with Crippen molar-refractivity contribution in [2.75, 3.05) is 52.5 Å². The van der Waals surface area contributed by atoms with Crippen LogP contribution in [-0.2, 0) is 16.0 Å². The number of nitrogens with zero attached hydrogens (tertiary/aromatic N) is 5. The van der Waals surface area contributed by atoms with E-state index in [1.807, 2.05) is 4.90 Å². The molecule has 4 rings (SSSR count). The maximum Gasteiger partial charge on any atom is 0.276 e. The lowest BCUT2D eigenvalue weighted by Crippen LogP contribution is -2.42. The van der Waals surface area contributed by atoms with Gasteiger partial charge in [-0.3, -0.25) is 14.4 Å². The van der Waals surface area contributed by atoms with E-state index in [0.717, 1.165) is 65.4 Å². The highest BCUT2D eigenvalue weighted by Crippen LogP contribution is 2.28. The van der Waals surface area contributed by atoms with Crippen LogP contribution in [-0.4, -0.2) is 89.3 Å². The quantitative estimate of drug-likeness (QED) is 0.674. The molecule has 27 heavy (non-hydrogen) atoms. The van der Waals surface area contributed by atoms with Crippen LogP contribution in [0.3, 0.4) is 0 Å². The van der Waals surface area contributed by atoms with E-state index in [9.17, 15) is 4.79 Å². The first kappa shape index (κ1) is 18.8. The van der Waals surface area contributed by atoms with Crippen LogP contribution in [0.4, 0.5) is 0 Å². The molecular weight excluding hydrogens is 346 g/mol. The Balaban J connectivity index is 1.34. The van der Waals surface area contributed by atoms with Crippen molar-refractivity contribution in [1.29, 1.82) is 0 Å². The molecule has 1 unspecified atom stereocenters. The van der Waals surface area contributed by atoms with Gasteiger partial charge in [0, 0.05) is 39.3 Å². The number of hydrogen-bond donors (Lipinski definition) is 0. The second-order valence-corrected chi connectivity index (χ2v) is 7.96. The number of aromatic nitrogens is 3. The van der Waals surface area contributed by atoms with Crippen molar-refractivity contribution in [3.05, 3.63) is 11.9 Å². The van der Waals surface area contributed by atoms with Crippen LogP contribution in [0.5, 0.6) is 0 Å². The van der Waals surface area contributed by atoms with Gasteiger partial charge in [0.25, 0.3) is 5.91 Å². The van der Waals surface area contributed by atoms with Gasteiger partial charge < -0.3 is 14.4 Å². The molecule has 8 nitrogen and oxygen atoms in total. The molecule has 1 aromatic rings. The van der Waals surface area contributed by atoms with Crippen LogP contribution in [0.15, 0.2) is 6.20 Å². The van der Waals surface area contributed by atoms with Crippen LogP contribution in [0.1, 0.15) is 42.6 Å². The predicted molar refractivity (Wildman–Crippen MR) is 99.5 cm³/mol. The standard InChI is InChI=1S/C19H31N5O3/c25-19(23(13-16-3-1-4-16)14-17-5-2-10-27-17)18-15-24(21-20-18)7-6-22-8-11-26-12-9-22/h15-17H,1-14H2. The number of carbonyl (C=O) groups is 1. The summed E-state index contributed by atoms with van der Waals surface area (Å²) in [6.07, 6.45) is 7.83. The van der Waals surface area contributed by atoms with E-state index >= 15 is 0 Å². The maximum absolute atomic E-state index is 13.1. The number of carbonyl (C=O) groups excluding carboxylic acids is 1. The predicted octanol–water partition coefficient (Wildman–Crippen LogP) is 1.03. The Hall–Kier alpha value is -1.51. The van der Waals surface area contributed by atoms with E-state index in [1.165, 1.54) is 19.3 Å². The van der Waals surface area contributed by atoms with Crippen LogP contribution in [0.25, 0.3) is 0 Å². The lowest BCUT2D eigenvalue weighted by atomic mass is 9.85. The summed E-state index contributed by atoms with van der Waals surface area (Å²) in [5.41, 5.74) is 0.453. The van der Waals surface area contributed by atoms with Gasteiger partial charge in [-0.1, -0.05) is 11.6 Å². The minimum absolute atomic E-state index is 0.00461. The van der Waals surface area contributed by atoms with E-state index in [1.54, 1.807) is 10.9 Å². The molecule has 0 radical (unpaired) electrons. The Labute approximate surface area is 160 Å². The van der Waals surface area contributed by atoms with Gasteiger partial charge in [-0.15, -0.1) is 5.10 Å². The third-order valence-corrected chi connectivity index (χ3v) is 5.95. The van der Waals surface area contributed by atoms with Crippen molar-refractivity contribution < 1.29 is 14.3 Å². The molecule has 1 amide bonds. The smallest absolute Gasteiger partial charge is 0.276 e. The van der Waals surface area contributed by atoms with Gasteiger partial charge in [0.1, 0.15) is 0 Å². The fraction of sp³-hybridized carbons (Fsp3) is 0.842. The molecular formula is C19H31N5O3. The van der Waals surface area contributed by atoms with Crippen LogP contribution in [0.2, 0.25) is 0 Å². The molecule has 8 heteroatoms. The maximum atomic E-state index is 13.1. The average molecular weight is 377 g/mol. The van der Waals surface area contributed by atoms with E-state index in [-0.39, 0.29) is 12.0 Å². The van der Waals surface area contributed by atoms with Crippen molar-refractivity contribution in [1.82, 2.24) is 24.8 Å². The minimum Gasteiger partial charge on any atom is -0.379 e. The van der Waals surface area contributed by atoms with E-state index in [4.69, 9.17) is 9.47 Å². The zero-order chi connectivity index (χ0) is 18.5. The zero-order valence-corrected chi connectivity index (χ0v) is 16.1. The van der Waals surface area contributed by atoms with Crippen molar-refractivity contribution in [3.8, 4) is 0 Å². The van der Waals surface area contributed by atoms with Crippen molar-refractivity contribution >= 4 is 5.91 Å². The van der Waals surface area contributed by atoms with Crippen molar-refractivity contribution in [2.24, 2.45) is 5.92 Å². The second-order valence-electron chi connectivity index (χ2n) is 7.96. The third-order valence-electron chi connectivity index (χ3n) is 5.95. The summed E-state index contributed by atoms with van der Waals surface area (Å²) in [5.74, 6) is 0.627. The first-order valence-electron chi connectivity index (χ1n) is 10.4. The van der Waals surface area contributed by atoms with Gasteiger partial charge in [0.15, 0.2) is 5.69 Å². The van der Waals surface area contributed by atoms with E-state index < -0.39 is 0 Å². The Morgan fingerprint density at radius 2 is 1.96 bits per heavy atom. The fourth-order valence-electron chi connectivity index (χ4n) is 4.00. The zero-order valence-electron chi connectivity index (χ0n) is 16.1. The monoisotopic (exact) mass is 377 g/mol. The molecule has 2 saturated heterocycles. The Kier molecular flexibility index (Phi) is 6.36. The average Bonchev–Trinajstić information content (AvgIpc) is 3.34. The van der Waals surface area contributed by atoms with Crippen LogP contribution < -0.4 is 0 Å². The number of rotatable bonds is 8. The molecule has 1 aliphatic carbocycles. The van der Waals surface area contributed by atoms with Gasteiger partial charge in [-0.05, 0) is 31.6 Å². The molecule has 1 aromatic heterocycles. The van der Waals surface area contributed by atoms with Crippen molar-refractivity contribution in [3.63, 3.8) is 0 Å². The summed E-state index contributed by atoms with van der Waals surface area (Å²) in [6, 6.07) is 0. The molecule has 150 valence electrons. The normalized spacial score (nSPS) is 24.1. The fourth-order valence-corrected chi connectivity index (χ4v) is 4.00. The number of amides is 1. The van der Waals surface area contributed by atoms with Gasteiger partial charge in [0.2, 0.25) is 0 Å². The topological polar surface area (TPSA) is 72.7 Å². The molecule has 3 aliphatic rings. The van der Waals surface area contributed by atoms with Gasteiger partial charge in [-0.25, -0.2) is 0 Å². The summed E-state index contributed by atoms with van der Waals surface area (Å²) < 4.78 is 12.9. The SMILES string of the molecule is O=C(c1cn(CCN2CCOCC2)nn1)N(CC1CCC1)CC1CCCO1. The Morgan fingerprint density at radius 1 is 1.11 bits per heavy atom. The molecule has 0 bridgehead atoms. The van der Waals surface area contributed by atoms with E-state index in [2.05, 4.69) is 15.2 Å². The molecule has 3 heterocycles. The first-order chi connectivity index (χ1) is 13.3. The third kappa shape index (κ3) is 5.06. The van der Waals surface area contributed by atoms with Crippen molar-refractivity contribution in [2.45, 2.75) is 44.8 Å². The van der Waals surface area contributed by atoms with E-state index in [0.29, 0.717) is 18.2 Å². The van der Waals surface area contributed by atoms with Crippen LogP contribution >= 0.6 is 0 Å². The number of morpholine rings is 1. The highest BCUT2D eigenvalue weighted by Gasteiger charge is 2.29. The van der Waals surface area contributed by atoms with Gasteiger partial charge in [0.05, 0.1) is 32.1 Å². The number of hydrogen-bond acceptors (Lipinski definition) is 6. The molecule has 3 fully saturated rings. The Bertz CT molecular complexity index is 606. The largest absolute Gasteiger partial charge is 0.379 e. The lowest BCUT2D eigenvalue weighted by molar-refractivity contribution is 0.0359. The highest BCUT2D eigenvalue weighted by molar-refractivity contribution is 5.92. The second kappa shape index (κ2) is 9.12. The minimum atomic E-state index is -0.00461.